The second-order valence-corrected chi connectivity index (χ2v) is 8.30. The highest BCUT2D eigenvalue weighted by atomic mass is 16.6. The van der Waals surface area contributed by atoms with Crippen molar-refractivity contribution in [3.05, 3.63) is 35.4 Å². The van der Waals surface area contributed by atoms with E-state index in [2.05, 4.69) is 0 Å². The fourth-order valence-electron chi connectivity index (χ4n) is 4.18. The fraction of sp³-hybridized carbons (Fsp3) is 0.364. The number of aliphatic hydroxyl groups is 3. The standard InChI is InChI=1S/C22H22O12/c23-9-5-10(24)16-15(6-9)33-20(7-1-11(25)17(29)12(26)2-7)21(19(16)31)34-22(32)8-3-13(27)18(30)14(28)4-8/h1-2,5-6,8,13-14,18,20-21,23-30H,3-4H2. The van der Waals surface area contributed by atoms with E-state index in [4.69, 9.17) is 9.47 Å². The number of ether oxygens (including phenoxy) is 2. The molecule has 1 heterocycles. The Kier molecular flexibility index (Phi) is 5.89. The molecule has 4 unspecified atom stereocenters. The van der Waals surface area contributed by atoms with Gasteiger partial charge in [0.25, 0.3) is 0 Å². The molecule has 182 valence electrons. The molecular formula is C22H22O12. The van der Waals surface area contributed by atoms with Crippen LogP contribution in [0, 0.1) is 5.92 Å². The fourth-order valence-corrected chi connectivity index (χ4v) is 4.18. The van der Waals surface area contributed by atoms with Crippen LogP contribution in [0.15, 0.2) is 24.3 Å². The predicted octanol–water partition coefficient (Wildman–Crippen LogP) is -0.0645. The van der Waals surface area contributed by atoms with Crippen molar-refractivity contribution in [3.63, 3.8) is 0 Å². The lowest BCUT2D eigenvalue weighted by atomic mass is 9.83. The summed E-state index contributed by atoms with van der Waals surface area (Å²) in [7, 11) is 0. The van der Waals surface area contributed by atoms with Crippen LogP contribution in [-0.4, -0.2) is 77.0 Å². The summed E-state index contributed by atoms with van der Waals surface area (Å²) in [5.41, 5.74) is -0.482. The Hall–Kier alpha value is -3.74. The van der Waals surface area contributed by atoms with E-state index in [0.717, 1.165) is 24.3 Å². The molecule has 4 rings (SSSR count). The predicted molar refractivity (Wildman–Crippen MR) is 110 cm³/mol. The van der Waals surface area contributed by atoms with Gasteiger partial charge >= 0.3 is 5.97 Å². The molecule has 2 aromatic rings. The number of aliphatic hydroxyl groups excluding tert-OH is 3. The summed E-state index contributed by atoms with van der Waals surface area (Å²) >= 11 is 0. The Morgan fingerprint density at radius 1 is 0.882 bits per heavy atom. The summed E-state index contributed by atoms with van der Waals surface area (Å²) in [6, 6.07) is 3.85. The summed E-state index contributed by atoms with van der Waals surface area (Å²) in [5.74, 6) is -6.72. The topological polar surface area (TPSA) is 214 Å². The molecule has 12 heteroatoms. The van der Waals surface area contributed by atoms with E-state index in [9.17, 15) is 50.4 Å². The van der Waals surface area contributed by atoms with Crippen LogP contribution in [0.3, 0.4) is 0 Å². The highest BCUT2D eigenvalue weighted by molar-refractivity contribution is 6.06. The SMILES string of the molecule is O=C(OC1C(=O)c2c(O)cc(O)cc2OC1c1cc(O)c(O)c(O)c1)C1CC(O)C(O)C(O)C1. The van der Waals surface area contributed by atoms with E-state index >= 15 is 0 Å². The zero-order valence-corrected chi connectivity index (χ0v) is 17.4. The number of phenols is 5. The third-order valence-corrected chi connectivity index (χ3v) is 5.94. The third-order valence-electron chi connectivity index (χ3n) is 5.94. The Labute approximate surface area is 191 Å². The van der Waals surface area contributed by atoms with E-state index in [1.807, 2.05) is 0 Å². The van der Waals surface area contributed by atoms with Gasteiger partial charge in [-0.05, 0) is 25.0 Å². The third kappa shape index (κ3) is 4.02. The van der Waals surface area contributed by atoms with E-state index < -0.39 is 82.5 Å². The smallest absolute Gasteiger partial charge is 0.310 e. The molecular weight excluding hydrogens is 456 g/mol. The first-order valence-electron chi connectivity index (χ1n) is 10.2. The number of esters is 1. The van der Waals surface area contributed by atoms with Crippen LogP contribution in [0.25, 0.3) is 0 Å². The number of rotatable bonds is 3. The molecule has 0 radical (unpaired) electrons. The van der Waals surface area contributed by atoms with Crippen molar-refractivity contribution in [2.75, 3.05) is 0 Å². The first-order valence-corrected chi connectivity index (χ1v) is 10.2. The van der Waals surface area contributed by atoms with Crippen LogP contribution >= 0.6 is 0 Å². The van der Waals surface area contributed by atoms with Gasteiger partial charge in [-0.3, -0.25) is 9.59 Å². The van der Waals surface area contributed by atoms with Crippen LogP contribution in [0.2, 0.25) is 0 Å². The molecule has 0 aromatic heterocycles. The zero-order chi connectivity index (χ0) is 24.9. The van der Waals surface area contributed by atoms with Crippen molar-refractivity contribution in [1.29, 1.82) is 0 Å². The van der Waals surface area contributed by atoms with Gasteiger partial charge in [-0.2, -0.15) is 0 Å². The minimum absolute atomic E-state index is 0.0911. The first-order chi connectivity index (χ1) is 16.0. The van der Waals surface area contributed by atoms with Crippen LogP contribution in [0.1, 0.15) is 34.9 Å². The van der Waals surface area contributed by atoms with Crippen molar-refractivity contribution in [2.24, 2.45) is 5.92 Å². The molecule has 1 fully saturated rings. The van der Waals surface area contributed by atoms with Crippen LogP contribution in [0.4, 0.5) is 0 Å². The van der Waals surface area contributed by atoms with E-state index in [-0.39, 0.29) is 24.2 Å². The number of carbonyl (C=O) groups excluding carboxylic acids is 2. The maximum absolute atomic E-state index is 13.3. The number of ketones is 1. The van der Waals surface area contributed by atoms with E-state index in [0.29, 0.717) is 0 Å². The maximum atomic E-state index is 13.3. The lowest BCUT2D eigenvalue weighted by Crippen LogP contribution is -2.48. The number of carbonyl (C=O) groups is 2. The molecule has 2 aliphatic rings. The van der Waals surface area contributed by atoms with Gasteiger partial charge in [0.15, 0.2) is 23.4 Å². The molecule has 1 aliphatic heterocycles. The Morgan fingerprint density at radius 3 is 2.06 bits per heavy atom. The number of Topliss-reactive ketones (excluding diaryl/α,β-unsaturated/α-hetero) is 1. The average molecular weight is 478 g/mol. The van der Waals surface area contributed by atoms with Crippen LogP contribution in [0.5, 0.6) is 34.5 Å². The lowest BCUT2D eigenvalue weighted by Gasteiger charge is -2.36. The Balaban J connectivity index is 1.72. The average Bonchev–Trinajstić information content (AvgIpc) is 2.76. The first kappa shape index (κ1) is 23.4. The monoisotopic (exact) mass is 478 g/mol. The number of hydrogen-bond donors (Lipinski definition) is 8. The van der Waals surface area contributed by atoms with Crippen LogP contribution < -0.4 is 4.74 Å². The maximum Gasteiger partial charge on any atom is 0.310 e. The van der Waals surface area contributed by atoms with E-state index in [1.165, 1.54) is 0 Å². The number of benzene rings is 2. The zero-order valence-electron chi connectivity index (χ0n) is 17.4. The summed E-state index contributed by atoms with van der Waals surface area (Å²) < 4.78 is 11.1. The number of hydrogen-bond acceptors (Lipinski definition) is 12. The molecule has 0 bridgehead atoms. The molecule has 2 aromatic carbocycles. The molecule has 4 atom stereocenters. The molecule has 0 saturated heterocycles. The van der Waals surface area contributed by atoms with E-state index in [1.54, 1.807) is 0 Å². The van der Waals surface area contributed by atoms with Gasteiger partial charge in [0, 0.05) is 17.7 Å². The largest absolute Gasteiger partial charge is 0.508 e. The summed E-state index contributed by atoms with van der Waals surface area (Å²) in [4.78, 5) is 26.1. The van der Waals surface area contributed by atoms with Crippen molar-refractivity contribution in [3.8, 4) is 34.5 Å². The number of fused-ring (bicyclic) bond motifs is 1. The highest BCUT2D eigenvalue weighted by Gasteiger charge is 2.46. The molecule has 34 heavy (non-hydrogen) atoms. The summed E-state index contributed by atoms with van der Waals surface area (Å²) in [6.07, 6.45) is -8.02. The minimum Gasteiger partial charge on any atom is -0.508 e. The molecule has 0 amide bonds. The van der Waals surface area contributed by atoms with Gasteiger partial charge in [-0.15, -0.1) is 0 Å². The second-order valence-electron chi connectivity index (χ2n) is 8.30. The molecule has 0 spiro atoms. The lowest BCUT2D eigenvalue weighted by molar-refractivity contribution is -0.166. The van der Waals surface area contributed by atoms with Gasteiger partial charge < -0.3 is 50.3 Å². The van der Waals surface area contributed by atoms with Gasteiger partial charge in [0.2, 0.25) is 11.9 Å². The van der Waals surface area contributed by atoms with Crippen LogP contribution in [-0.2, 0) is 9.53 Å². The Morgan fingerprint density at radius 2 is 1.47 bits per heavy atom. The molecule has 1 saturated carbocycles. The number of phenolic OH excluding ortho intramolecular Hbond substituents is 5. The van der Waals surface area contributed by atoms with Crippen molar-refractivity contribution >= 4 is 11.8 Å². The molecule has 8 N–H and O–H groups in total. The molecule has 12 nitrogen and oxygen atoms in total. The minimum atomic E-state index is -1.76. The summed E-state index contributed by atoms with van der Waals surface area (Å²) in [6.45, 7) is 0. The second kappa shape index (κ2) is 8.56. The molecule has 1 aliphatic carbocycles. The van der Waals surface area contributed by atoms with Crippen molar-refractivity contribution in [1.82, 2.24) is 0 Å². The van der Waals surface area contributed by atoms with Crippen molar-refractivity contribution < 1.29 is 59.9 Å². The normalized spacial score (nSPS) is 28.6. The van der Waals surface area contributed by atoms with Crippen molar-refractivity contribution in [2.45, 2.75) is 43.4 Å². The van der Waals surface area contributed by atoms with Gasteiger partial charge in [-0.25, -0.2) is 0 Å². The summed E-state index contributed by atoms with van der Waals surface area (Å²) in [5, 5.41) is 78.9. The van der Waals surface area contributed by atoms with Gasteiger partial charge in [0.05, 0.1) is 18.1 Å². The van der Waals surface area contributed by atoms with Gasteiger partial charge in [-0.1, -0.05) is 0 Å². The Bertz CT molecular complexity index is 1110. The highest BCUT2D eigenvalue weighted by Crippen LogP contribution is 2.45. The van der Waals surface area contributed by atoms with Gasteiger partial charge in [0.1, 0.15) is 28.9 Å². The number of aromatic hydroxyl groups is 5. The quantitative estimate of drug-likeness (QED) is 0.215.